The fourth-order valence-corrected chi connectivity index (χ4v) is 4.12. The molecular formula is C25H29N7O2. The van der Waals surface area contributed by atoms with Crippen molar-refractivity contribution in [3.63, 3.8) is 0 Å². The van der Waals surface area contributed by atoms with Crippen LogP contribution < -0.4 is 10.6 Å². The summed E-state index contributed by atoms with van der Waals surface area (Å²) < 4.78 is 1.94. The Balaban J connectivity index is 1.51. The smallest absolute Gasteiger partial charge is 0.252 e. The van der Waals surface area contributed by atoms with E-state index in [0.717, 1.165) is 42.5 Å². The summed E-state index contributed by atoms with van der Waals surface area (Å²) >= 11 is 0. The molecule has 0 aliphatic heterocycles. The zero-order chi connectivity index (χ0) is 24.1. The zero-order valence-corrected chi connectivity index (χ0v) is 19.4. The first-order valence-electron chi connectivity index (χ1n) is 11.6. The van der Waals surface area contributed by atoms with Crippen LogP contribution in [0.15, 0.2) is 42.9 Å². The Morgan fingerprint density at radius 3 is 2.82 bits per heavy atom. The van der Waals surface area contributed by atoms with Crippen LogP contribution in [0.3, 0.4) is 0 Å². The van der Waals surface area contributed by atoms with Crippen molar-refractivity contribution in [1.82, 2.24) is 25.1 Å². The van der Waals surface area contributed by atoms with Crippen molar-refractivity contribution in [3.05, 3.63) is 54.0 Å². The number of benzene rings is 1. The molecule has 1 amide bonds. The van der Waals surface area contributed by atoms with Crippen molar-refractivity contribution in [2.75, 3.05) is 5.32 Å². The normalized spacial score (nSPS) is 18.6. The number of nitriles is 1. The van der Waals surface area contributed by atoms with E-state index >= 15 is 0 Å². The molecule has 1 unspecified atom stereocenters. The molecule has 1 fully saturated rings. The number of carbonyl (C=O) groups excluding carboxylic acids is 1. The number of nitrogens with zero attached hydrogens (tertiary/aromatic N) is 5. The highest BCUT2D eigenvalue weighted by molar-refractivity contribution is 5.95. The molecule has 3 N–H and O–H groups in total. The Kier molecular flexibility index (Phi) is 7.18. The molecule has 3 aromatic rings. The van der Waals surface area contributed by atoms with Crippen LogP contribution in [0.25, 0.3) is 11.3 Å². The van der Waals surface area contributed by atoms with E-state index in [1.807, 2.05) is 30.8 Å². The van der Waals surface area contributed by atoms with Crippen LogP contribution in [-0.4, -0.2) is 42.9 Å². The third kappa shape index (κ3) is 5.41. The predicted molar refractivity (Wildman–Crippen MR) is 128 cm³/mol. The minimum Gasteiger partial charge on any atom is -0.393 e. The van der Waals surface area contributed by atoms with Crippen LogP contribution in [0, 0.1) is 18.3 Å². The molecule has 1 atom stereocenters. The van der Waals surface area contributed by atoms with Gasteiger partial charge in [0, 0.05) is 23.5 Å². The molecule has 4 rings (SSSR count). The van der Waals surface area contributed by atoms with Gasteiger partial charge in [-0.3, -0.25) is 9.48 Å². The van der Waals surface area contributed by atoms with E-state index in [1.54, 1.807) is 30.6 Å². The predicted octanol–water partition coefficient (Wildman–Crippen LogP) is 3.90. The fraction of sp³-hybridized carbons (Fsp3) is 0.400. The number of aromatic nitrogens is 4. The van der Waals surface area contributed by atoms with Gasteiger partial charge < -0.3 is 15.7 Å². The number of amides is 1. The van der Waals surface area contributed by atoms with Gasteiger partial charge in [0.1, 0.15) is 6.04 Å². The van der Waals surface area contributed by atoms with Crippen LogP contribution >= 0.6 is 0 Å². The van der Waals surface area contributed by atoms with Gasteiger partial charge in [0.25, 0.3) is 5.91 Å². The number of hydrogen-bond acceptors (Lipinski definition) is 7. The highest BCUT2D eigenvalue weighted by Gasteiger charge is 2.21. The Morgan fingerprint density at radius 1 is 1.29 bits per heavy atom. The maximum atomic E-state index is 12.6. The standard InChI is InChI=1S/C25H29N7O2/c1-3-19(12-26)29-24(34)18-6-4-5-17(11-18)23-16(2)13-27-25(31-23)30-20-14-28-32(15-20)21-7-9-22(33)10-8-21/h4-6,11,13-15,19,21-22,33H,3,7-10H2,1-2H3,(H,29,34)(H,27,30,31). The highest BCUT2D eigenvalue weighted by atomic mass is 16.3. The van der Waals surface area contributed by atoms with Gasteiger partial charge in [-0.2, -0.15) is 10.4 Å². The maximum absolute atomic E-state index is 12.6. The lowest BCUT2D eigenvalue weighted by Gasteiger charge is -2.25. The first-order valence-corrected chi connectivity index (χ1v) is 11.6. The van der Waals surface area contributed by atoms with Crippen molar-refractivity contribution < 1.29 is 9.90 Å². The lowest BCUT2D eigenvalue weighted by molar-refractivity contribution is 0.0944. The molecule has 176 valence electrons. The van der Waals surface area contributed by atoms with Crippen LogP contribution in [-0.2, 0) is 0 Å². The molecule has 1 aromatic carbocycles. The lowest BCUT2D eigenvalue weighted by Crippen LogP contribution is -2.33. The summed E-state index contributed by atoms with van der Waals surface area (Å²) in [6.45, 7) is 3.77. The summed E-state index contributed by atoms with van der Waals surface area (Å²) in [7, 11) is 0. The first kappa shape index (κ1) is 23.4. The largest absolute Gasteiger partial charge is 0.393 e. The highest BCUT2D eigenvalue weighted by Crippen LogP contribution is 2.29. The van der Waals surface area contributed by atoms with Gasteiger partial charge in [0.2, 0.25) is 5.95 Å². The fourth-order valence-electron chi connectivity index (χ4n) is 4.12. The molecule has 9 nitrogen and oxygen atoms in total. The molecular weight excluding hydrogens is 430 g/mol. The van der Waals surface area contributed by atoms with Crippen LogP contribution in [0.1, 0.15) is 61.0 Å². The number of carbonyl (C=O) groups is 1. The summed E-state index contributed by atoms with van der Waals surface area (Å²) in [4.78, 5) is 21.7. The average molecular weight is 460 g/mol. The second-order valence-corrected chi connectivity index (χ2v) is 8.67. The Labute approximate surface area is 198 Å². The second kappa shape index (κ2) is 10.4. The zero-order valence-electron chi connectivity index (χ0n) is 19.4. The van der Waals surface area contributed by atoms with Crippen molar-refractivity contribution in [1.29, 1.82) is 5.26 Å². The Morgan fingerprint density at radius 2 is 2.09 bits per heavy atom. The topological polar surface area (TPSA) is 129 Å². The van der Waals surface area contributed by atoms with E-state index < -0.39 is 6.04 Å². The van der Waals surface area contributed by atoms with Gasteiger partial charge in [-0.25, -0.2) is 9.97 Å². The van der Waals surface area contributed by atoms with Gasteiger partial charge >= 0.3 is 0 Å². The van der Waals surface area contributed by atoms with E-state index in [4.69, 9.17) is 5.26 Å². The summed E-state index contributed by atoms with van der Waals surface area (Å²) in [5.74, 6) is 0.146. The average Bonchev–Trinajstić information content (AvgIpc) is 3.32. The molecule has 9 heteroatoms. The van der Waals surface area contributed by atoms with E-state index in [9.17, 15) is 9.90 Å². The molecule has 1 saturated carbocycles. The van der Waals surface area contributed by atoms with Crippen LogP contribution in [0.2, 0.25) is 0 Å². The number of rotatable bonds is 7. The number of anilines is 2. The van der Waals surface area contributed by atoms with Gasteiger partial charge in [0.05, 0.1) is 35.8 Å². The molecule has 2 heterocycles. The van der Waals surface area contributed by atoms with Gasteiger partial charge in [-0.05, 0) is 56.7 Å². The number of aliphatic hydroxyl groups excluding tert-OH is 1. The van der Waals surface area contributed by atoms with E-state index in [0.29, 0.717) is 23.6 Å². The monoisotopic (exact) mass is 459 g/mol. The quantitative estimate of drug-likeness (QED) is 0.489. The first-order chi connectivity index (χ1) is 16.5. The molecule has 1 aliphatic rings. The van der Waals surface area contributed by atoms with Crippen LogP contribution in [0.4, 0.5) is 11.6 Å². The number of hydrogen-bond donors (Lipinski definition) is 3. The summed E-state index contributed by atoms with van der Waals surface area (Å²) in [6.07, 6.45) is 9.18. The maximum Gasteiger partial charge on any atom is 0.252 e. The van der Waals surface area contributed by atoms with E-state index in [-0.39, 0.29) is 18.1 Å². The molecule has 2 aromatic heterocycles. The van der Waals surface area contributed by atoms with Gasteiger partial charge in [0.15, 0.2) is 0 Å². The number of aryl methyl sites for hydroxylation is 1. The summed E-state index contributed by atoms with van der Waals surface area (Å²) in [5.41, 5.74) is 3.64. The summed E-state index contributed by atoms with van der Waals surface area (Å²) in [5, 5.41) is 29.3. The Bertz CT molecular complexity index is 1190. The number of nitrogens with one attached hydrogen (secondary N) is 2. The van der Waals surface area contributed by atoms with Crippen molar-refractivity contribution in [2.45, 2.75) is 64.1 Å². The Hall–Kier alpha value is -3.77. The molecule has 1 aliphatic carbocycles. The molecule has 0 bridgehead atoms. The molecule has 0 saturated heterocycles. The molecule has 34 heavy (non-hydrogen) atoms. The third-order valence-corrected chi connectivity index (χ3v) is 6.14. The summed E-state index contributed by atoms with van der Waals surface area (Å²) in [6, 6.07) is 9.04. The van der Waals surface area contributed by atoms with Crippen molar-refractivity contribution >= 4 is 17.5 Å². The van der Waals surface area contributed by atoms with Gasteiger partial charge in [-0.1, -0.05) is 19.1 Å². The van der Waals surface area contributed by atoms with E-state index in [2.05, 4.69) is 31.8 Å². The lowest BCUT2D eigenvalue weighted by atomic mass is 9.93. The van der Waals surface area contributed by atoms with Gasteiger partial charge in [-0.15, -0.1) is 0 Å². The van der Waals surface area contributed by atoms with Crippen LogP contribution in [0.5, 0.6) is 0 Å². The minimum absolute atomic E-state index is 0.201. The van der Waals surface area contributed by atoms with Crippen molar-refractivity contribution in [2.24, 2.45) is 0 Å². The molecule has 0 spiro atoms. The molecule has 0 radical (unpaired) electrons. The second-order valence-electron chi connectivity index (χ2n) is 8.67. The third-order valence-electron chi connectivity index (χ3n) is 6.14. The minimum atomic E-state index is -0.521. The SMILES string of the molecule is CCC(C#N)NC(=O)c1cccc(-c2nc(Nc3cnn(C4CCC(O)CC4)c3)ncc2C)c1. The van der Waals surface area contributed by atoms with E-state index in [1.165, 1.54) is 0 Å². The number of aliphatic hydroxyl groups is 1. The van der Waals surface area contributed by atoms with Crippen molar-refractivity contribution in [3.8, 4) is 17.3 Å².